The number of nitrogens with zero attached hydrogens (tertiary/aromatic N) is 2. The van der Waals surface area contributed by atoms with Crippen LogP contribution in [0.1, 0.15) is 12.5 Å². The topological polar surface area (TPSA) is 113 Å². The Bertz CT molecular complexity index is 837. The minimum absolute atomic E-state index is 0.193. The summed E-state index contributed by atoms with van der Waals surface area (Å²) in [5.74, 6) is -1.55. The van der Waals surface area contributed by atoms with Crippen molar-refractivity contribution >= 4 is 34.0 Å². The molecule has 0 aliphatic carbocycles. The minimum Gasteiger partial charge on any atom is -0.452 e. The van der Waals surface area contributed by atoms with Crippen LogP contribution in [0.15, 0.2) is 35.7 Å². The van der Waals surface area contributed by atoms with Gasteiger partial charge in [0.2, 0.25) is 10.0 Å². The van der Waals surface area contributed by atoms with Crippen LogP contribution in [-0.2, 0) is 24.3 Å². The number of sulfonamides is 1. The summed E-state index contributed by atoms with van der Waals surface area (Å²) in [6.45, 7) is 1.29. The van der Waals surface area contributed by atoms with Crippen molar-refractivity contribution in [1.29, 1.82) is 0 Å². The third-order valence-electron chi connectivity index (χ3n) is 3.80. The van der Waals surface area contributed by atoms with Crippen LogP contribution in [-0.4, -0.2) is 68.3 Å². The van der Waals surface area contributed by atoms with Crippen LogP contribution < -0.4 is 5.32 Å². The molecule has 9 nitrogen and oxygen atoms in total. The van der Waals surface area contributed by atoms with Gasteiger partial charge in [0.1, 0.15) is 6.54 Å². The molecule has 1 saturated heterocycles. The molecule has 1 aliphatic heterocycles. The molecule has 1 aromatic rings. The highest BCUT2D eigenvalue weighted by Gasteiger charge is 2.32. The van der Waals surface area contributed by atoms with Crippen molar-refractivity contribution in [2.24, 2.45) is 0 Å². The average Bonchev–Trinajstić information content (AvgIpc) is 3.06. The summed E-state index contributed by atoms with van der Waals surface area (Å²) in [5.41, 5.74) is 0.695. The lowest BCUT2D eigenvalue weighted by Gasteiger charge is -2.19. The zero-order valence-electron chi connectivity index (χ0n) is 15.0. The van der Waals surface area contributed by atoms with Gasteiger partial charge in [-0.3, -0.25) is 14.5 Å². The Hall–Kier alpha value is -2.72. The fraction of sp³-hybridized carbons (Fsp3) is 0.353. The van der Waals surface area contributed by atoms with Gasteiger partial charge in [-0.25, -0.2) is 13.2 Å². The second-order valence-electron chi connectivity index (χ2n) is 5.87. The number of carbonyl (C=O) groups excluding carboxylic acids is 3. The third kappa shape index (κ3) is 5.63. The van der Waals surface area contributed by atoms with E-state index in [-0.39, 0.29) is 6.54 Å². The molecule has 146 valence electrons. The lowest BCUT2D eigenvalue weighted by atomic mass is 10.2. The molecular formula is C17H21N3O6S. The van der Waals surface area contributed by atoms with Gasteiger partial charge in [0.15, 0.2) is 6.10 Å². The Morgan fingerprint density at radius 3 is 2.59 bits per heavy atom. The molecule has 3 amide bonds. The fourth-order valence-corrected chi connectivity index (χ4v) is 3.11. The summed E-state index contributed by atoms with van der Waals surface area (Å²) >= 11 is 0. The minimum atomic E-state index is -3.84. The van der Waals surface area contributed by atoms with E-state index in [9.17, 15) is 22.8 Å². The molecule has 10 heteroatoms. The highest BCUT2D eigenvalue weighted by molar-refractivity contribution is 7.92. The lowest BCUT2D eigenvalue weighted by molar-refractivity contribution is -0.157. The van der Waals surface area contributed by atoms with Gasteiger partial charge in [-0.2, -0.15) is 4.31 Å². The maximum atomic E-state index is 12.2. The molecule has 0 bridgehead atoms. The van der Waals surface area contributed by atoms with Crippen LogP contribution in [0.2, 0.25) is 0 Å². The molecule has 1 atom stereocenters. The molecule has 0 unspecified atom stereocenters. The first-order chi connectivity index (χ1) is 12.7. The van der Waals surface area contributed by atoms with Crippen LogP contribution in [0.5, 0.6) is 0 Å². The number of rotatable bonds is 7. The van der Waals surface area contributed by atoms with E-state index < -0.39 is 40.6 Å². The molecule has 1 heterocycles. The molecule has 0 spiro atoms. The van der Waals surface area contributed by atoms with Crippen molar-refractivity contribution in [3.8, 4) is 0 Å². The second-order valence-corrected chi connectivity index (χ2v) is 7.79. The van der Waals surface area contributed by atoms with Gasteiger partial charge >= 0.3 is 12.0 Å². The maximum absolute atomic E-state index is 12.2. The summed E-state index contributed by atoms with van der Waals surface area (Å²) < 4.78 is 30.2. The number of benzene rings is 1. The maximum Gasteiger partial charge on any atom is 0.324 e. The van der Waals surface area contributed by atoms with Crippen LogP contribution in [0.25, 0.3) is 6.08 Å². The van der Waals surface area contributed by atoms with Gasteiger partial charge in [0, 0.05) is 25.5 Å². The van der Waals surface area contributed by atoms with E-state index in [0.29, 0.717) is 12.1 Å². The van der Waals surface area contributed by atoms with Gasteiger partial charge < -0.3 is 10.1 Å². The number of ether oxygens (including phenoxy) is 1. The number of hydrogen-bond donors (Lipinski definition) is 1. The largest absolute Gasteiger partial charge is 0.452 e. The SMILES string of the molecule is C[C@H](OC(=O)CN(C)S(=O)(=O)/C=C/c1ccccc1)C(=O)N1CCNC1=O. The standard InChI is InChI=1S/C17H21N3O6S/c1-13(16(22)20-10-9-18-17(20)23)26-15(21)12-19(2)27(24,25)11-8-14-6-4-3-5-7-14/h3-8,11,13H,9-10,12H2,1-2H3,(H,18,23)/b11-8+/t13-/m0/s1. The van der Waals surface area contributed by atoms with E-state index in [1.54, 1.807) is 24.3 Å². The molecule has 1 aromatic carbocycles. The smallest absolute Gasteiger partial charge is 0.324 e. The molecule has 0 aromatic heterocycles. The molecular weight excluding hydrogens is 374 g/mol. The summed E-state index contributed by atoms with van der Waals surface area (Å²) in [6.07, 6.45) is 0.215. The molecule has 2 rings (SSSR count). The average molecular weight is 395 g/mol. The zero-order valence-corrected chi connectivity index (χ0v) is 15.8. The summed E-state index contributed by atoms with van der Waals surface area (Å²) in [5, 5.41) is 3.45. The number of nitrogens with one attached hydrogen (secondary N) is 1. The van der Waals surface area contributed by atoms with Gasteiger partial charge in [-0.05, 0) is 18.6 Å². The van der Waals surface area contributed by atoms with Crippen molar-refractivity contribution in [3.05, 3.63) is 41.3 Å². The number of carbonyl (C=O) groups is 3. The normalized spacial score (nSPS) is 15.8. The quantitative estimate of drug-likeness (QED) is 0.669. The van der Waals surface area contributed by atoms with E-state index in [1.807, 2.05) is 6.07 Å². The Balaban J connectivity index is 1.91. The van der Waals surface area contributed by atoms with E-state index >= 15 is 0 Å². The van der Waals surface area contributed by atoms with E-state index in [1.165, 1.54) is 20.0 Å². The highest BCUT2D eigenvalue weighted by atomic mass is 32.2. The second kappa shape index (κ2) is 8.78. The van der Waals surface area contributed by atoms with Crippen LogP contribution >= 0.6 is 0 Å². The number of likely N-dealkylation sites (N-methyl/N-ethyl adjacent to an activating group) is 1. The van der Waals surface area contributed by atoms with Crippen LogP contribution in [0, 0.1) is 0 Å². The summed E-state index contributed by atoms with van der Waals surface area (Å²) in [6, 6.07) is 8.28. The molecule has 0 saturated carbocycles. The molecule has 1 fully saturated rings. The Morgan fingerprint density at radius 1 is 1.33 bits per heavy atom. The zero-order chi connectivity index (χ0) is 20.0. The predicted octanol–water partition coefficient (Wildman–Crippen LogP) is 0.402. The van der Waals surface area contributed by atoms with Crippen molar-refractivity contribution in [3.63, 3.8) is 0 Å². The summed E-state index contributed by atoms with van der Waals surface area (Å²) in [4.78, 5) is 36.4. The lowest BCUT2D eigenvalue weighted by Crippen LogP contribution is -2.43. The Kier molecular flexibility index (Phi) is 6.70. The van der Waals surface area contributed by atoms with Crippen molar-refractivity contribution in [1.82, 2.24) is 14.5 Å². The van der Waals surface area contributed by atoms with Crippen molar-refractivity contribution in [2.75, 3.05) is 26.7 Å². The van der Waals surface area contributed by atoms with Gasteiger partial charge in [0.25, 0.3) is 5.91 Å². The van der Waals surface area contributed by atoms with Crippen molar-refractivity contribution < 1.29 is 27.5 Å². The first-order valence-corrected chi connectivity index (χ1v) is 9.69. The number of amides is 3. The highest BCUT2D eigenvalue weighted by Crippen LogP contribution is 2.08. The first kappa shape index (κ1) is 20.6. The predicted molar refractivity (Wildman–Crippen MR) is 97.7 cm³/mol. The van der Waals surface area contributed by atoms with Gasteiger partial charge in [0.05, 0.1) is 0 Å². The molecule has 1 aliphatic rings. The third-order valence-corrected chi connectivity index (χ3v) is 5.28. The number of imide groups is 1. The Morgan fingerprint density at radius 2 is 2.00 bits per heavy atom. The monoisotopic (exact) mass is 395 g/mol. The fourth-order valence-electron chi connectivity index (χ4n) is 2.29. The molecule has 27 heavy (non-hydrogen) atoms. The van der Waals surface area contributed by atoms with Gasteiger partial charge in [-0.1, -0.05) is 30.3 Å². The van der Waals surface area contributed by atoms with Gasteiger partial charge in [-0.15, -0.1) is 0 Å². The Labute approximate surface area is 157 Å². The summed E-state index contributed by atoms with van der Waals surface area (Å²) in [7, 11) is -2.61. The number of esters is 1. The van der Waals surface area contributed by atoms with Crippen molar-refractivity contribution in [2.45, 2.75) is 13.0 Å². The van der Waals surface area contributed by atoms with E-state index in [2.05, 4.69) is 5.32 Å². The van der Waals surface area contributed by atoms with Crippen LogP contribution in [0.4, 0.5) is 4.79 Å². The number of hydrogen-bond acceptors (Lipinski definition) is 6. The van der Waals surface area contributed by atoms with Crippen LogP contribution in [0.3, 0.4) is 0 Å². The molecule has 1 N–H and O–H groups in total. The molecule has 0 radical (unpaired) electrons. The number of urea groups is 1. The first-order valence-electron chi connectivity index (χ1n) is 8.19. The van der Waals surface area contributed by atoms with E-state index in [0.717, 1.165) is 14.6 Å². The van der Waals surface area contributed by atoms with E-state index in [4.69, 9.17) is 4.74 Å².